The number of amides is 1. The highest BCUT2D eigenvalue weighted by atomic mass is 32.2. The lowest BCUT2D eigenvalue weighted by atomic mass is 10.1. The van der Waals surface area contributed by atoms with Crippen LogP contribution >= 0.6 is 11.3 Å². The highest BCUT2D eigenvalue weighted by Gasteiger charge is 2.26. The lowest BCUT2D eigenvalue weighted by Crippen LogP contribution is -2.46. The van der Waals surface area contributed by atoms with Crippen LogP contribution in [0.5, 0.6) is 0 Å². The van der Waals surface area contributed by atoms with Crippen LogP contribution < -0.4 is 4.72 Å². The molecular formula is C14H20N2O4S2. The van der Waals surface area contributed by atoms with Crippen molar-refractivity contribution in [3.63, 3.8) is 0 Å². The number of carbonyl (C=O) groups is 2. The summed E-state index contributed by atoms with van der Waals surface area (Å²) in [6.07, 6.45) is 1.69. The van der Waals surface area contributed by atoms with E-state index in [1.54, 1.807) is 22.4 Å². The number of likely N-dealkylation sites (tertiary alicyclic amines) is 1. The summed E-state index contributed by atoms with van der Waals surface area (Å²) in [6, 6.07) is 3.13. The Labute approximate surface area is 134 Å². The van der Waals surface area contributed by atoms with Crippen LogP contribution in [0, 0.1) is 0 Å². The minimum atomic E-state index is -3.46. The van der Waals surface area contributed by atoms with E-state index in [1.165, 1.54) is 18.3 Å². The molecule has 1 aliphatic rings. The molecule has 2 rings (SSSR count). The van der Waals surface area contributed by atoms with Crippen LogP contribution in [0.4, 0.5) is 0 Å². The number of nitrogens with one attached hydrogen (secondary N) is 1. The van der Waals surface area contributed by atoms with Gasteiger partial charge in [-0.25, -0.2) is 13.1 Å². The van der Waals surface area contributed by atoms with Crippen molar-refractivity contribution in [1.29, 1.82) is 0 Å². The summed E-state index contributed by atoms with van der Waals surface area (Å²) in [7, 11) is -3.46. The van der Waals surface area contributed by atoms with Crippen molar-refractivity contribution >= 4 is 33.1 Å². The maximum absolute atomic E-state index is 12.1. The third-order valence-electron chi connectivity index (χ3n) is 3.62. The van der Waals surface area contributed by atoms with Gasteiger partial charge in [-0.2, -0.15) is 0 Å². The number of piperidine rings is 1. The average molecular weight is 344 g/mol. The Bertz CT molecular complexity index is 617. The van der Waals surface area contributed by atoms with Gasteiger partial charge in [0, 0.05) is 32.0 Å². The van der Waals surface area contributed by atoms with E-state index in [4.69, 9.17) is 0 Å². The van der Waals surface area contributed by atoms with E-state index in [0.29, 0.717) is 30.1 Å². The Balaban J connectivity index is 1.82. The lowest BCUT2D eigenvalue weighted by Gasteiger charge is -2.32. The quantitative estimate of drug-likeness (QED) is 0.845. The van der Waals surface area contributed by atoms with Crippen molar-refractivity contribution in [2.45, 2.75) is 42.9 Å². The van der Waals surface area contributed by atoms with E-state index in [1.807, 2.05) is 0 Å². The molecule has 8 heteroatoms. The number of nitrogens with zero attached hydrogens (tertiary/aromatic N) is 1. The molecule has 22 heavy (non-hydrogen) atoms. The van der Waals surface area contributed by atoms with E-state index in [-0.39, 0.29) is 30.6 Å². The Kier molecular flexibility index (Phi) is 5.71. The standard InChI is InChI=1S/C14H20N2O4S2/c1-11(17)4-5-13(18)16-8-6-12(7-9-16)15-22(19,20)14-3-2-10-21-14/h2-3,10,12,15H,4-9H2,1H3. The van der Waals surface area contributed by atoms with Crippen LogP contribution in [0.25, 0.3) is 0 Å². The van der Waals surface area contributed by atoms with Gasteiger partial charge in [-0.05, 0) is 31.2 Å². The SMILES string of the molecule is CC(=O)CCC(=O)N1CCC(NS(=O)(=O)c2cccs2)CC1. The molecule has 0 aliphatic carbocycles. The molecule has 1 N–H and O–H groups in total. The summed E-state index contributed by atoms with van der Waals surface area (Å²) in [5, 5.41) is 1.73. The highest BCUT2D eigenvalue weighted by Crippen LogP contribution is 2.19. The molecule has 1 fully saturated rings. The van der Waals surface area contributed by atoms with Gasteiger partial charge in [0.05, 0.1) is 0 Å². The molecule has 0 atom stereocenters. The molecule has 122 valence electrons. The summed E-state index contributed by atoms with van der Waals surface area (Å²) in [4.78, 5) is 24.5. The third kappa shape index (κ3) is 4.62. The summed E-state index contributed by atoms with van der Waals surface area (Å²) in [5.74, 6) is -0.0262. The van der Waals surface area contributed by atoms with Crippen LogP contribution in [0.2, 0.25) is 0 Å². The monoisotopic (exact) mass is 344 g/mol. The maximum atomic E-state index is 12.1. The predicted octanol–water partition coefficient (Wildman–Crippen LogP) is 1.39. The Morgan fingerprint density at radius 2 is 2.00 bits per heavy atom. The second-order valence-corrected chi connectivity index (χ2v) is 8.30. The van der Waals surface area contributed by atoms with Gasteiger partial charge >= 0.3 is 0 Å². The predicted molar refractivity (Wildman–Crippen MR) is 84.2 cm³/mol. The van der Waals surface area contributed by atoms with E-state index in [0.717, 1.165) is 0 Å². The first-order chi connectivity index (χ1) is 10.4. The Morgan fingerprint density at radius 3 is 2.55 bits per heavy atom. The number of sulfonamides is 1. The van der Waals surface area contributed by atoms with Crippen molar-refractivity contribution in [3.05, 3.63) is 17.5 Å². The van der Waals surface area contributed by atoms with E-state index in [2.05, 4.69) is 4.72 Å². The smallest absolute Gasteiger partial charge is 0.250 e. The minimum absolute atomic E-state index is 0.00643. The molecule has 0 spiro atoms. The summed E-state index contributed by atoms with van der Waals surface area (Å²) >= 11 is 1.19. The highest BCUT2D eigenvalue weighted by molar-refractivity contribution is 7.91. The largest absolute Gasteiger partial charge is 0.343 e. The van der Waals surface area contributed by atoms with Gasteiger partial charge in [0.2, 0.25) is 15.9 Å². The molecule has 2 heterocycles. The summed E-state index contributed by atoms with van der Waals surface area (Å²) < 4.78 is 27.3. The Morgan fingerprint density at radius 1 is 1.32 bits per heavy atom. The fourth-order valence-corrected chi connectivity index (χ4v) is 4.70. The van der Waals surface area contributed by atoms with Gasteiger partial charge in [-0.1, -0.05) is 6.07 Å². The number of Topliss-reactive ketones (excluding diaryl/α,β-unsaturated/α-hetero) is 1. The summed E-state index contributed by atoms with van der Waals surface area (Å²) in [5.41, 5.74) is 0. The fraction of sp³-hybridized carbons (Fsp3) is 0.571. The first kappa shape index (κ1) is 17.1. The first-order valence-electron chi connectivity index (χ1n) is 7.21. The normalized spacial score (nSPS) is 16.7. The number of ketones is 1. The zero-order chi connectivity index (χ0) is 16.2. The second kappa shape index (κ2) is 7.34. The van der Waals surface area contributed by atoms with Crippen molar-refractivity contribution in [3.8, 4) is 0 Å². The van der Waals surface area contributed by atoms with E-state index in [9.17, 15) is 18.0 Å². The van der Waals surface area contributed by atoms with Crippen molar-refractivity contribution in [2.75, 3.05) is 13.1 Å². The van der Waals surface area contributed by atoms with Crippen LogP contribution in [-0.2, 0) is 19.6 Å². The number of rotatable bonds is 6. The van der Waals surface area contributed by atoms with Gasteiger partial charge in [-0.15, -0.1) is 11.3 Å². The number of hydrogen-bond donors (Lipinski definition) is 1. The van der Waals surface area contributed by atoms with Crippen molar-refractivity contribution < 1.29 is 18.0 Å². The van der Waals surface area contributed by atoms with Crippen molar-refractivity contribution in [2.24, 2.45) is 0 Å². The third-order valence-corrected chi connectivity index (χ3v) is 6.54. The fourth-order valence-electron chi connectivity index (χ4n) is 2.38. The molecule has 0 radical (unpaired) electrons. The van der Waals surface area contributed by atoms with Gasteiger partial charge in [0.15, 0.2) is 0 Å². The van der Waals surface area contributed by atoms with Crippen LogP contribution in [0.3, 0.4) is 0 Å². The minimum Gasteiger partial charge on any atom is -0.343 e. The molecular weight excluding hydrogens is 324 g/mol. The molecule has 1 aliphatic heterocycles. The zero-order valence-electron chi connectivity index (χ0n) is 12.4. The van der Waals surface area contributed by atoms with Crippen molar-refractivity contribution in [1.82, 2.24) is 9.62 Å². The van der Waals surface area contributed by atoms with E-state index < -0.39 is 10.0 Å². The van der Waals surface area contributed by atoms with Gasteiger partial charge in [0.25, 0.3) is 0 Å². The molecule has 1 saturated heterocycles. The van der Waals surface area contributed by atoms with Crippen LogP contribution in [-0.4, -0.2) is 44.1 Å². The Hall–Kier alpha value is -1.25. The molecule has 0 aromatic carbocycles. The van der Waals surface area contributed by atoms with Gasteiger partial charge in [0.1, 0.15) is 9.99 Å². The maximum Gasteiger partial charge on any atom is 0.250 e. The van der Waals surface area contributed by atoms with E-state index >= 15 is 0 Å². The molecule has 0 saturated carbocycles. The average Bonchev–Trinajstić information content (AvgIpc) is 3.00. The van der Waals surface area contributed by atoms with Gasteiger partial charge in [-0.3, -0.25) is 4.79 Å². The number of hydrogen-bond acceptors (Lipinski definition) is 5. The first-order valence-corrected chi connectivity index (χ1v) is 9.58. The van der Waals surface area contributed by atoms with Crippen LogP contribution in [0.1, 0.15) is 32.6 Å². The molecule has 1 amide bonds. The zero-order valence-corrected chi connectivity index (χ0v) is 14.1. The number of carbonyl (C=O) groups excluding carboxylic acids is 2. The number of thiophene rings is 1. The molecule has 0 bridgehead atoms. The molecule has 0 unspecified atom stereocenters. The second-order valence-electron chi connectivity index (χ2n) is 5.41. The molecule has 1 aromatic rings. The molecule has 1 aromatic heterocycles. The van der Waals surface area contributed by atoms with Crippen LogP contribution in [0.15, 0.2) is 21.7 Å². The molecule has 6 nitrogen and oxygen atoms in total. The lowest BCUT2D eigenvalue weighted by molar-refractivity contribution is -0.133. The van der Waals surface area contributed by atoms with Gasteiger partial charge < -0.3 is 9.69 Å². The topological polar surface area (TPSA) is 83.6 Å². The summed E-state index contributed by atoms with van der Waals surface area (Å²) in [6.45, 7) is 2.52.